The van der Waals surface area contributed by atoms with Crippen LogP contribution in [0.1, 0.15) is 22.3 Å². The lowest BCUT2D eigenvalue weighted by molar-refractivity contribution is 0.0948. The molecule has 0 aromatic heterocycles. The van der Waals surface area contributed by atoms with Crippen LogP contribution in [0.5, 0.6) is 0 Å². The largest absolute Gasteiger partial charge is 0.385 e. The number of methoxy groups -OCH3 is 1. The predicted octanol–water partition coefficient (Wildman–Crippen LogP) is 1.97. The summed E-state index contributed by atoms with van der Waals surface area (Å²) in [5, 5.41) is 2.76. The molecule has 2 N–H and O–H groups in total. The summed E-state index contributed by atoms with van der Waals surface area (Å²) >= 11 is 0. The lowest BCUT2D eigenvalue weighted by Gasteiger charge is -2.08. The number of rotatable bonds is 10. The maximum Gasteiger partial charge on any atom is 0.251 e. The molecule has 0 radical (unpaired) electrons. The Kier molecular flexibility index (Phi) is 7.77. The fraction of sp³-hybridized carbons (Fsp3) is 0.316. The van der Waals surface area contributed by atoms with Crippen LogP contribution < -0.4 is 10.0 Å². The SMILES string of the molecule is COCCCNC(=O)c1ccc(S(=O)(=O)NCCc2ccccc2)cc1. The van der Waals surface area contributed by atoms with E-state index in [0.717, 1.165) is 12.0 Å². The zero-order chi connectivity index (χ0) is 18.8. The van der Waals surface area contributed by atoms with Crippen molar-refractivity contribution >= 4 is 15.9 Å². The molecule has 1 amide bonds. The summed E-state index contributed by atoms with van der Waals surface area (Å²) in [6.45, 7) is 1.40. The topological polar surface area (TPSA) is 84.5 Å². The van der Waals surface area contributed by atoms with E-state index in [2.05, 4.69) is 10.0 Å². The van der Waals surface area contributed by atoms with Crippen molar-refractivity contribution in [1.29, 1.82) is 0 Å². The van der Waals surface area contributed by atoms with Gasteiger partial charge in [-0.05, 0) is 42.7 Å². The minimum absolute atomic E-state index is 0.140. The molecule has 2 aromatic rings. The number of benzene rings is 2. The van der Waals surface area contributed by atoms with Gasteiger partial charge in [-0.3, -0.25) is 4.79 Å². The van der Waals surface area contributed by atoms with Crippen LogP contribution in [0.15, 0.2) is 59.5 Å². The maximum atomic E-state index is 12.3. The van der Waals surface area contributed by atoms with Crippen LogP contribution in [0.3, 0.4) is 0 Å². The van der Waals surface area contributed by atoms with Crippen molar-refractivity contribution in [1.82, 2.24) is 10.0 Å². The van der Waals surface area contributed by atoms with E-state index in [4.69, 9.17) is 4.74 Å². The van der Waals surface area contributed by atoms with Gasteiger partial charge < -0.3 is 10.1 Å². The zero-order valence-electron chi connectivity index (χ0n) is 14.8. The first-order chi connectivity index (χ1) is 12.5. The number of ether oxygens (including phenoxy) is 1. The minimum Gasteiger partial charge on any atom is -0.385 e. The summed E-state index contributed by atoms with van der Waals surface area (Å²) in [6, 6.07) is 15.6. The summed E-state index contributed by atoms with van der Waals surface area (Å²) in [7, 11) is -1.99. The molecule has 2 rings (SSSR count). The molecule has 0 unspecified atom stereocenters. The van der Waals surface area contributed by atoms with Gasteiger partial charge in [0.15, 0.2) is 0 Å². The fourth-order valence-electron chi connectivity index (χ4n) is 2.36. The zero-order valence-corrected chi connectivity index (χ0v) is 15.6. The third-order valence-electron chi connectivity index (χ3n) is 3.79. The van der Waals surface area contributed by atoms with Gasteiger partial charge in [0, 0.05) is 32.4 Å². The van der Waals surface area contributed by atoms with Gasteiger partial charge in [-0.1, -0.05) is 30.3 Å². The molecule has 7 heteroatoms. The van der Waals surface area contributed by atoms with Gasteiger partial charge >= 0.3 is 0 Å². The Balaban J connectivity index is 1.88. The lowest BCUT2D eigenvalue weighted by Crippen LogP contribution is -2.27. The molecule has 0 heterocycles. The van der Waals surface area contributed by atoms with Crippen molar-refractivity contribution in [2.75, 3.05) is 26.8 Å². The molecule has 0 fully saturated rings. The number of amides is 1. The first kappa shape index (κ1) is 20.1. The standard InChI is InChI=1S/C19H24N2O4S/c1-25-15-5-13-20-19(22)17-8-10-18(11-9-17)26(23,24)21-14-12-16-6-3-2-4-7-16/h2-4,6-11,21H,5,12-15H2,1H3,(H,20,22). The summed E-state index contributed by atoms with van der Waals surface area (Å²) in [6.07, 6.45) is 1.34. The first-order valence-electron chi connectivity index (χ1n) is 8.44. The summed E-state index contributed by atoms with van der Waals surface area (Å²) in [5.74, 6) is -0.234. The minimum atomic E-state index is -3.60. The number of hydrogen-bond acceptors (Lipinski definition) is 4. The van der Waals surface area contributed by atoms with Crippen LogP contribution in [-0.2, 0) is 21.2 Å². The van der Waals surface area contributed by atoms with E-state index >= 15 is 0 Å². The number of sulfonamides is 1. The number of carbonyl (C=O) groups excluding carboxylic acids is 1. The second-order valence-electron chi connectivity index (χ2n) is 5.76. The molecule has 0 aliphatic heterocycles. The third-order valence-corrected chi connectivity index (χ3v) is 5.26. The van der Waals surface area contributed by atoms with Gasteiger partial charge in [0.1, 0.15) is 0 Å². The van der Waals surface area contributed by atoms with Crippen LogP contribution in [0, 0.1) is 0 Å². The highest BCUT2D eigenvalue weighted by Crippen LogP contribution is 2.11. The van der Waals surface area contributed by atoms with Crippen molar-refractivity contribution < 1.29 is 17.9 Å². The van der Waals surface area contributed by atoms with Gasteiger partial charge in [0.05, 0.1) is 4.90 Å². The van der Waals surface area contributed by atoms with Crippen LogP contribution >= 0.6 is 0 Å². The molecular weight excluding hydrogens is 352 g/mol. The molecule has 140 valence electrons. The molecule has 0 saturated carbocycles. The Hall–Kier alpha value is -2.22. The van der Waals surface area contributed by atoms with E-state index in [-0.39, 0.29) is 10.8 Å². The Morgan fingerprint density at radius 3 is 2.35 bits per heavy atom. The average molecular weight is 376 g/mol. The molecule has 26 heavy (non-hydrogen) atoms. The number of carbonyl (C=O) groups is 1. The monoisotopic (exact) mass is 376 g/mol. The first-order valence-corrected chi connectivity index (χ1v) is 9.92. The average Bonchev–Trinajstić information content (AvgIpc) is 2.66. The highest BCUT2D eigenvalue weighted by atomic mass is 32.2. The molecule has 0 aliphatic rings. The normalized spacial score (nSPS) is 11.3. The fourth-order valence-corrected chi connectivity index (χ4v) is 3.40. The van der Waals surface area contributed by atoms with E-state index in [0.29, 0.717) is 31.7 Å². The molecule has 0 aliphatic carbocycles. The van der Waals surface area contributed by atoms with Crippen molar-refractivity contribution in [3.05, 3.63) is 65.7 Å². The van der Waals surface area contributed by atoms with Gasteiger partial charge in [0.2, 0.25) is 10.0 Å². The third kappa shape index (κ3) is 6.25. The molecule has 2 aromatic carbocycles. The molecule has 6 nitrogen and oxygen atoms in total. The molecule has 0 atom stereocenters. The van der Waals surface area contributed by atoms with Crippen molar-refractivity contribution in [2.24, 2.45) is 0 Å². The van der Waals surface area contributed by atoms with Gasteiger partial charge in [0.25, 0.3) is 5.91 Å². The Bertz CT molecular complexity index is 790. The number of hydrogen-bond donors (Lipinski definition) is 2. The van der Waals surface area contributed by atoms with E-state index in [1.165, 1.54) is 24.3 Å². The highest BCUT2D eigenvalue weighted by molar-refractivity contribution is 7.89. The van der Waals surface area contributed by atoms with E-state index in [9.17, 15) is 13.2 Å². The second-order valence-corrected chi connectivity index (χ2v) is 7.53. The highest BCUT2D eigenvalue weighted by Gasteiger charge is 2.14. The second kappa shape index (κ2) is 10.1. The summed E-state index contributed by atoms with van der Waals surface area (Å²) in [5.41, 5.74) is 1.49. The molecule has 0 saturated heterocycles. The van der Waals surface area contributed by atoms with Crippen molar-refractivity contribution in [3.63, 3.8) is 0 Å². The van der Waals surface area contributed by atoms with Crippen LogP contribution in [0.25, 0.3) is 0 Å². The molecule has 0 spiro atoms. The van der Waals surface area contributed by atoms with Crippen molar-refractivity contribution in [3.8, 4) is 0 Å². The molecule has 0 bridgehead atoms. The van der Waals surface area contributed by atoms with Crippen LogP contribution in [0.2, 0.25) is 0 Å². The van der Waals surface area contributed by atoms with Crippen LogP contribution in [0.4, 0.5) is 0 Å². The quantitative estimate of drug-likeness (QED) is 0.621. The Morgan fingerprint density at radius 1 is 1.00 bits per heavy atom. The maximum absolute atomic E-state index is 12.3. The van der Waals surface area contributed by atoms with E-state index in [1.54, 1.807) is 7.11 Å². The summed E-state index contributed by atoms with van der Waals surface area (Å²) < 4.78 is 32.1. The van der Waals surface area contributed by atoms with Gasteiger partial charge in [-0.2, -0.15) is 0 Å². The molecular formula is C19H24N2O4S. The van der Waals surface area contributed by atoms with E-state index < -0.39 is 10.0 Å². The van der Waals surface area contributed by atoms with Gasteiger partial charge in [-0.25, -0.2) is 13.1 Å². The predicted molar refractivity (Wildman–Crippen MR) is 101 cm³/mol. The van der Waals surface area contributed by atoms with Crippen molar-refractivity contribution in [2.45, 2.75) is 17.7 Å². The lowest BCUT2D eigenvalue weighted by atomic mass is 10.2. The van der Waals surface area contributed by atoms with Crippen LogP contribution in [-0.4, -0.2) is 41.1 Å². The van der Waals surface area contributed by atoms with E-state index in [1.807, 2.05) is 30.3 Å². The number of nitrogens with one attached hydrogen (secondary N) is 2. The summed E-state index contributed by atoms with van der Waals surface area (Å²) in [4.78, 5) is 12.1. The Morgan fingerprint density at radius 2 is 1.69 bits per heavy atom. The van der Waals surface area contributed by atoms with Gasteiger partial charge in [-0.15, -0.1) is 0 Å². The Labute approximate surface area is 154 Å². The smallest absolute Gasteiger partial charge is 0.251 e.